The lowest BCUT2D eigenvalue weighted by molar-refractivity contribution is -0.123. The maximum absolute atomic E-state index is 10.9. The summed E-state index contributed by atoms with van der Waals surface area (Å²) in [4.78, 5) is 21.5. The largest absolute Gasteiger partial charge is 0.289 e. The molecule has 58 valence electrons. The fourth-order valence-corrected chi connectivity index (χ4v) is 0.908. The summed E-state index contributed by atoms with van der Waals surface area (Å²) in [5.74, 6) is -0.621. The third-order valence-corrected chi connectivity index (χ3v) is 1.33. The van der Waals surface area contributed by atoms with Crippen LogP contribution in [0.2, 0.25) is 0 Å². The van der Waals surface area contributed by atoms with E-state index in [1.807, 2.05) is 6.92 Å². The van der Waals surface area contributed by atoms with Gasteiger partial charge in [-0.05, 0) is 13.3 Å². The van der Waals surface area contributed by atoms with Crippen molar-refractivity contribution in [3.63, 3.8) is 0 Å². The molecule has 0 aromatic rings. The molecule has 1 aliphatic heterocycles. The van der Waals surface area contributed by atoms with E-state index in [9.17, 15) is 9.59 Å². The summed E-state index contributed by atoms with van der Waals surface area (Å²) in [5.41, 5.74) is 1.38. The van der Waals surface area contributed by atoms with Crippen LogP contribution in [0, 0.1) is 0 Å². The number of carbonyl (C=O) groups excluding carboxylic acids is 2. The van der Waals surface area contributed by atoms with E-state index in [1.165, 1.54) is 6.08 Å². The van der Waals surface area contributed by atoms with Gasteiger partial charge in [-0.3, -0.25) is 14.9 Å². The Morgan fingerprint density at radius 3 is 2.64 bits per heavy atom. The van der Waals surface area contributed by atoms with E-state index in [4.69, 9.17) is 0 Å². The Labute approximate surface area is 64.8 Å². The van der Waals surface area contributed by atoms with Crippen LogP contribution in [-0.4, -0.2) is 11.8 Å². The lowest BCUT2D eigenvalue weighted by atomic mass is 10.1. The van der Waals surface area contributed by atoms with E-state index < -0.39 is 0 Å². The molecule has 3 nitrogen and oxygen atoms in total. The standard InChI is InChI=1S/C8H9NO2/c1-5(2)3-6-4-7(10)9-8(6)11/h4H,1,3H2,2H3,(H,9,10,11). The van der Waals surface area contributed by atoms with Gasteiger partial charge in [0.25, 0.3) is 11.8 Å². The molecule has 0 atom stereocenters. The molecule has 0 aromatic carbocycles. The molecule has 1 rings (SSSR count). The molecule has 2 amide bonds. The summed E-state index contributed by atoms with van der Waals surface area (Å²) in [6.45, 7) is 5.46. The van der Waals surface area contributed by atoms with Crippen molar-refractivity contribution in [3.8, 4) is 0 Å². The van der Waals surface area contributed by atoms with Crippen molar-refractivity contribution in [2.24, 2.45) is 0 Å². The lowest BCUT2D eigenvalue weighted by Crippen LogP contribution is -2.22. The summed E-state index contributed by atoms with van der Waals surface area (Å²) in [6, 6.07) is 0. The molecule has 0 aromatic heterocycles. The maximum Gasteiger partial charge on any atom is 0.254 e. The molecular formula is C8H9NO2. The molecule has 3 heteroatoms. The lowest BCUT2D eigenvalue weighted by Gasteiger charge is -1.96. The van der Waals surface area contributed by atoms with Crippen LogP contribution >= 0.6 is 0 Å². The van der Waals surface area contributed by atoms with E-state index in [1.54, 1.807) is 0 Å². The number of carbonyl (C=O) groups is 2. The van der Waals surface area contributed by atoms with Crippen molar-refractivity contribution in [3.05, 3.63) is 23.8 Å². The molecule has 1 aliphatic rings. The third kappa shape index (κ3) is 1.77. The first-order chi connectivity index (χ1) is 5.09. The van der Waals surface area contributed by atoms with Crippen LogP contribution in [-0.2, 0) is 9.59 Å². The predicted octanol–water partition coefficient (Wildman–Crippen LogP) is 0.535. The molecule has 0 fully saturated rings. The second-order valence-corrected chi connectivity index (χ2v) is 2.62. The topological polar surface area (TPSA) is 46.2 Å². The van der Waals surface area contributed by atoms with Gasteiger partial charge in [0.2, 0.25) is 0 Å². The number of hydrogen-bond donors (Lipinski definition) is 1. The summed E-state index contributed by atoms with van der Waals surface area (Å²) in [6.07, 6.45) is 1.80. The summed E-state index contributed by atoms with van der Waals surface area (Å²) in [7, 11) is 0. The van der Waals surface area contributed by atoms with Crippen LogP contribution in [0.25, 0.3) is 0 Å². The molecule has 0 unspecified atom stereocenters. The van der Waals surface area contributed by atoms with E-state index in [0.717, 1.165) is 5.57 Å². The van der Waals surface area contributed by atoms with E-state index in [-0.39, 0.29) is 11.8 Å². The van der Waals surface area contributed by atoms with Gasteiger partial charge in [0.1, 0.15) is 0 Å². The highest BCUT2D eigenvalue weighted by molar-refractivity contribution is 6.16. The summed E-state index contributed by atoms with van der Waals surface area (Å²) < 4.78 is 0. The average Bonchev–Trinajstić information content (AvgIpc) is 2.09. The van der Waals surface area contributed by atoms with Crippen LogP contribution in [0.4, 0.5) is 0 Å². The monoisotopic (exact) mass is 151 g/mol. The zero-order valence-corrected chi connectivity index (χ0v) is 6.31. The van der Waals surface area contributed by atoms with Gasteiger partial charge in [-0.25, -0.2) is 0 Å². The van der Waals surface area contributed by atoms with Gasteiger partial charge in [0.15, 0.2) is 0 Å². The Hall–Kier alpha value is -1.38. The molecule has 0 saturated heterocycles. The molecule has 1 N–H and O–H groups in total. The quantitative estimate of drug-likeness (QED) is 0.462. The highest BCUT2D eigenvalue weighted by atomic mass is 16.2. The number of allylic oxidation sites excluding steroid dienone is 1. The van der Waals surface area contributed by atoms with Crippen molar-refractivity contribution < 1.29 is 9.59 Å². The van der Waals surface area contributed by atoms with E-state index in [2.05, 4.69) is 11.9 Å². The van der Waals surface area contributed by atoms with Gasteiger partial charge in [-0.2, -0.15) is 0 Å². The normalized spacial score (nSPS) is 16.3. The highest BCUT2D eigenvalue weighted by Gasteiger charge is 2.19. The fourth-order valence-electron chi connectivity index (χ4n) is 0.908. The van der Waals surface area contributed by atoms with Crippen molar-refractivity contribution in [2.75, 3.05) is 0 Å². The van der Waals surface area contributed by atoms with Gasteiger partial charge < -0.3 is 0 Å². The van der Waals surface area contributed by atoms with Crippen molar-refractivity contribution in [1.29, 1.82) is 0 Å². The first-order valence-electron chi connectivity index (χ1n) is 3.30. The number of rotatable bonds is 2. The van der Waals surface area contributed by atoms with E-state index >= 15 is 0 Å². The molecule has 0 bridgehead atoms. The zero-order chi connectivity index (χ0) is 8.43. The summed E-state index contributed by atoms with van der Waals surface area (Å²) >= 11 is 0. The minimum absolute atomic E-state index is 0.294. The maximum atomic E-state index is 10.9. The second-order valence-electron chi connectivity index (χ2n) is 2.62. The predicted molar refractivity (Wildman–Crippen MR) is 40.7 cm³/mol. The van der Waals surface area contributed by atoms with Crippen LogP contribution in [0.3, 0.4) is 0 Å². The molecular weight excluding hydrogens is 142 g/mol. The Balaban J connectivity index is 2.72. The first kappa shape index (κ1) is 7.72. The number of nitrogens with one attached hydrogen (secondary N) is 1. The van der Waals surface area contributed by atoms with Gasteiger partial charge in [0, 0.05) is 11.6 Å². The second kappa shape index (κ2) is 2.70. The fraction of sp³-hybridized carbons (Fsp3) is 0.250. The van der Waals surface area contributed by atoms with Crippen molar-refractivity contribution >= 4 is 11.8 Å². The summed E-state index contributed by atoms with van der Waals surface area (Å²) in [5, 5.41) is 2.16. The molecule has 1 heterocycles. The van der Waals surface area contributed by atoms with Gasteiger partial charge in [-0.1, -0.05) is 12.2 Å². The van der Waals surface area contributed by atoms with Crippen molar-refractivity contribution in [2.45, 2.75) is 13.3 Å². The Morgan fingerprint density at radius 1 is 1.64 bits per heavy atom. The third-order valence-electron chi connectivity index (χ3n) is 1.33. The number of hydrogen-bond acceptors (Lipinski definition) is 2. The average molecular weight is 151 g/mol. The van der Waals surface area contributed by atoms with Gasteiger partial charge in [0.05, 0.1) is 0 Å². The van der Waals surface area contributed by atoms with E-state index in [0.29, 0.717) is 12.0 Å². The highest BCUT2D eigenvalue weighted by Crippen LogP contribution is 2.11. The SMILES string of the molecule is C=C(C)CC1=CC(=O)NC1=O. The first-order valence-corrected chi connectivity index (χ1v) is 3.30. The van der Waals surface area contributed by atoms with Crippen molar-refractivity contribution in [1.82, 2.24) is 5.32 Å². The van der Waals surface area contributed by atoms with Gasteiger partial charge in [-0.15, -0.1) is 0 Å². The smallest absolute Gasteiger partial charge is 0.254 e. The van der Waals surface area contributed by atoms with Gasteiger partial charge >= 0.3 is 0 Å². The molecule has 0 spiro atoms. The van der Waals surface area contributed by atoms with Crippen LogP contribution in [0.5, 0.6) is 0 Å². The molecule has 0 radical (unpaired) electrons. The molecule has 11 heavy (non-hydrogen) atoms. The van der Waals surface area contributed by atoms with Crippen LogP contribution < -0.4 is 5.32 Å². The van der Waals surface area contributed by atoms with Crippen LogP contribution in [0.15, 0.2) is 23.8 Å². The number of amides is 2. The van der Waals surface area contributed by atoms with Crippen LogP contribution in [0.1, 0.15) is 13.3 Å². The Kier molecular flexibility index (Phi) is 1.89. The Bertz CT molecular complexity index is 263. The zero-order valence-electron chi connectivity index (χ0n) is 6.31. The molecule has 0 aliphatic carbocycles. The minimum atomic E-state index is -0.328. The number of imide groups is 1. The molecule has 0 saturated carbocycles. The Morgan fingerprint density at radius 2 is 2.27 bits per heavy atom. The minimum Gasteiger partial charge on any atom is -0.289 e.